The standard InChI is InChI=1S/C6H13NO6/c7-3(6(12)13)5(11)4(10)2(9)1-8/h2-5,8-11H,1,7H2,(H,12,13)/t2-,3-,4+,5+/m1/s1. The highest BCUT2D eigenvalue weighted by atomic mass is 16.4. The molecular weight excluding hydrogens is 182 g/mol. The zero-order chi connectivity index (χ0) is 10.6. The lowest BCUT2D eigenvalue weighted by molar-refractivity contribution is -0.146. The van der Waals surface area contributed by atoms with E-state index in [9.17, 15) is 4.79 Å². The average molecular weight is 195 g/mol. The Morgan fingerprint density at radius 3 is 2.00 bits per heavy atom. The summed E-state index contributed by atoms with van der Waals surface area (Å²) in [6.07, 6.45) is -5.21. The molecule has 7 heteroatoms. The number of nitrogens with two attached hydrogens (primary N) is 1. The highest BCUT2D eigenvalue weighted by Crippen LogP contribution is 2.03. The van der Waals surface area contributed by atoms with Gasteiger partial charge < -0.3 is 31.3 Å². The summed E-state index contributed by atoms with van der Waals surface area (Å²) in [4.78, 5) is 10.2. The molecule has 0 saturated carbocycles. The van der Waals surface area contributed by atoms with E-state index in [-0.39, 0.29) is 0 Å². The topological polar surface area (TPSA) is 144 Å². The van der Waals surface area contributed by atoms with Gasteiger partial charge in [-0.1, -0.05) is 0 Å². The molecule has 0 unspecified atom stereocenters. The van der Waals surface area contributed by atoms with E-state index in [1.807, 2.05) is 0 Å². The van der Waals surface area contributed by atoms with E-state index in [0.29, 0.717) is 0 Å². The lowest BCUT2D eigenvalue weighted by Gasteiger charge is -2.23. The number of hydrogen-bond donors (Lipinski definition) is 6. The van der Waals surface area contributed by atoms with Crippen LogP contribution in [0.2, 0.25) is 0 Å². The molecule has 0 aromatic rings. The van der Waals surface area contributed by atoms with Crippen LogP contribution in [0.3, 0.4) is 0 Å². The molecule has 0 aromatic carbocycles. The van der Waals surface area contributed by atoms with Crippen LogP contribution < -0.4 is 5.73 Å². The SMILES string of the molecule is N[C@@H](C(=O)O)[C@H](O)[C@@H](O)[C@H](O)CO. The van der Waals surface area contributed by atoms with Crippen LogP contribution in [-0.2, 0) is 4.79 Å². The van der Waals surface area contributed by atoms with Crippen molar-refractivity contribution in [3.05, 3.63) is 0 Å². The molecule has 0 aliphatic carbocycles. The second-order valence-electron chi connectivity index (χ2n) is 2.60. The molecule has 13 heavy (non-hydrogen) atoms. The summed E-state index contributed by atoms with van der Waals surface area (Å²) in [6.45, 7) is -0.787. The summed E-state index contributed by atoms with van der Waals surface area (Å²) in [5.74, 6) is -1.50. The molecule has 0 aromatic heterocycles. The van der Waals surface area contributed by atoms with Crippen molar-refractivity contribution in [2.45, 2.75) is 24.4 Å². The summed E-state index contributed by atoms with van der Waals surface area (Å²) in [5, 5.41) is 43.5. The molecule has 4 atom stereocenters. The molecular formula is C6H13NO6. The number of hydrogen-bond acceptors (Lipinski definition) is 6. The van der Waals surface area contributed by atoms with E-state index in [2.05, 4.69) is 0 Å². The van der Waals surface area contributed by atoms with Crippen molar-refractivity contribution in [1.29, 1.82) is 0 Å². The van der Waals surface area contributed by atoms with Crippen LogP contribution in [0.25, 0.3) is 0 Å². The Hall–Kier alpha value is -0.730. The van der Waals surface area contributed by atoms with Crippen LogP contribution in [0, 0.1) is 0 Å². The van der Waals surface area contributed by atoms with Gasteiger partial charge >= 0.3 is 5.97 Å². The molecule has 0 heterocycles. The van der Waals surface area contributed by atoms with Crippen LogP contribution in [0.5, 0.6) is 0 Å². The minimum absolute atomic E-state index is 0.787. The Kier molecular flexibility index (Phi) is 4.81. The van der Waals surface area contributed by atoms with Crippen molar-refractivity contribution in [3.63, 3.8) is 0 Å². The lowest BCUT2D eigenvalue weighted by atomic mass is 10.0. The molecule has 0 fully saturated rings. The van der Waals surface area contributed by atoms with E-state index < -0.39 is 36.9 Å². The van der Waals surface area contributed by atoms with E-state index in [1.54, 1.807) is 0 Å². The predicted molar refractivity (Wildman–Crippen MR) is 40.7 cm³/mol. The van der Waals surface area contributed by atoms with Crippen molar-refractivity contribution in [2.24, 2.45) is 5.73 Å². The van der Waals surface area contributed by atoms with Gasteiger partial charge in [-0.05, 0) is 0 Å². The van der Waals surface area contributed by atoms with Crippen molar-refractivity contribution < 1.29 is 30.3 Å². The number of rotatable bonds is 5. The lowest BCUT2D eigenvalue weighted by Crippen LogP contribution is -2.52. The summed E-state index contributed by atoms with van der Waals surface area (Å²) in [5.41, 5.74) is 4.95. The summed E-state index contributed by atoms with van der Waals surface area (Å²) in [7, 11) is 0. The third kappa shape index (κ3) is 3.25. The quantitative estimate of drug-likeness (QED) is 0.266. The van der Waals surface area contributed by atoms with Gasteiger partial charge in [0, 0.05) is 0 Å². The first-order valence-electron chi connectivity index (χ1n) is 3.55. The molecule has 0 saturated heterocycles. The molecule has 0 radical (unpaired) electrons. The van der Waals surface area contributed by atoms with E-state index in [4.69, 9.17) is 31.3 Å². The molecule has 0 rings (SSSR count). The second-order valence-corrected chi connectivity index (χ2v) is 2.60. The van der Waals surface area contributed by atoms with Crippen molar-refractivity contribution in [3.8, 4) is 0 Å². The highest BCUT2D eigenvalue weighted by molar-refractivity contribution is 5.74. The van der Waals surface area contributed by atoms with Crippen molar-refractivity contribution in [2.75, 3.05) is 6.61 Å². The molecule has 7 nitrogen and oxygen atoms in total. The fraction of sp³-hybridized carbons (Fsp3) is 0.833. The first-order chi connectivity index (χ1) is 5.91. The number of aliphatic hydroxyl groups is 4. The highest BCUT2D eigenvalue weighted by Gasteiger charge is 2.32. The number of carbonyl (C=O) groups is 1. The van der Waals surface area contributed by atoms with Gasteiger partial charge in [-0.15, -0.1) is 0 Å². The van der Waals surface area contributed by atoms with Gasteiger partial charge in [0.1, 0.15) is 24.4 Å². The minimum Gasteiger partial charge on any atom is -0.480 e. The average Bonchev–Trinajstić information content (AvgIpc) is 2.12. The Labute approximate surface area is 74.0 Å². The Bertz CT molecular complexity index is 175. The smallest absolute Gasteiger partial charge is 0.323 e. The zero-order valence-corrected chi connectivity index (χ0v) is 6.74. The van der Waals surface area contributed by atoms with Crippen molar-refractivity contribution >= 4 is 5.97 Å². The fourth-order valence-corrected chi connectivity index (χ4v) is 0.694. The van der Waals surface area contributed by atoms with Crippen LogP contribution >= 0.6 is 0 Å². The maximum absolute atomic E-state index is 10.2. The van der Waals surface area contributed by atoms with Gasteiger partial charge in [0.2, 0.25) is 0 Å². The molecule has 0 aliphatic rings. The molecule has 0 bridgehead atoms. The maximum Gasteiger partial charge on any atom is 0.323 e. The number of carboxylic acid groups (broad SMARTS) is 1. The molecule has 0 aliphatic heterocycles. The Morgan fingerprint density at radius 1 is 1.23 bits per heavy atom. The number of aliphatic carboxylic acids is 1. The van der Waals surface area contributed by atoms with Gasteiger partial charge in [0.05, 0.1) is 6.61 Å². The predicted octanol–water partition coefficient (Wildman–Crippen LogP) is -3.53. The van der Waals surface area contributed by atoms with Crippen LogP contribution in [0.1, 0.15) is 0 Å². The number of aliphatic hydroxyl groups excluding tert-OH is 4. The van der Waals surface area contributed by atoms with Gasteiger partial charge in [-0.3, -0.25) is 4.79 Å². The maximum atomic E-state index is 10.2. The van der Waals surface area contributed by atoms with Crippen LogP contribution in [-0.4, -0.2) is 62.5 Å². The van der Waals surface area contributed by atoms with E-state index >= 15 is 0 Å². The van der Waals surface area contributed by atoms with Crippen LogP contribution in [0.4, 0.5) is 0 Å². The van der Waals surface area contributed by atoms with Gasteiger partial charge in [-0.2, -0.15) is 0 Å². The van der Waals surface area contributed by atoms with Gasteiger partial charge in [0.25, 0.3) is 0 Å². The fourth-order valence-electron chi connectivity index (χ4n) is 0.694. The summed E-state index contributed by atoms with van der Waals surface area (Å²) >= 11 is 0. The monoisotopic (exact) mass is 195 g/mol. The Balaban J connectivity index is 4.24. The minimum atomic E-state index is -1.82. The summed E-state index contributed by atoms with van der Waals surface area (Å²) < 4.78 is 0. The third-order valence-corrected chi connectivity index (χ3v) is 1.58. The number of carboxylic acids is 1. The van der Waals surface area contributed by atoms with Gasteiger partial charge in [-0.25, -0.2) is 0 Å². The summed E-state index contributed by atoms with van der Waals surface area (Å²) in [6, 6.07) is -1.70. The first kappa shape index (κ1) is 12.3. The third-order valence-electron chi connectivity index (χ3n) is 1.58. The zero-order valence-electron chi connectivity index (χ0n) is 6.74. The Morgan fingerprint density at radius 2 is 1.69 bits per heavy atom. The second kappa shape index (κ2) is 5.10. The molecule has 78 valence electrons. The van der Waals surface area contributed by atoms with Crippen LogP contribution in [0.15, 0.2) is 0 Å². The van der Waals surface area contributed by atoms with Crippen molar-refractivity contribution in [1.82, 2.24) is 0 Å². The molecule has 7 N–H and O–H groups in total. The molecule has 0 spiro atoms. The normalized spacial score (nSPS) is 20.4. The van der Waals surface area contributed by atoms with E-state index in [1.165, 1.54) is 0 Å². The first-order valence-corrected chi connectivity index (χ1v) is 3.55. The van der Waals surface area contributed by atoms with E-state index in [0.717, 1.165) is 0 Å². The molecule has 0 amide bonds. The van der Waals surface area contributed by atoms with Gasteiger partial charge in [0.15, 0.2) is 0 Å². The largest absolute Gasteiger partial charge is 0.480 e.